The van der Waals surface area contributed by atoms with Gasteiger partial charge in [0.2, 0.25) is 0 Å². The molecular weight excluding hydrogens is 1480 g/mol. The van der Waals surface area contributed by atoms with Gasteiger partial charge in [0.15, 0.2) is 0 Å². The highest BCUT2D eigenvalue weighted by Gasteiger charge is 2.75. The summed E-state index contributed by atoms with van der Waals surface area (Å²) < 4.78 is 26.8. The molecule has 10 heterocycles. The fraction of sp³-hybridized carbons (Fsp3) is 0.556. The lowest BCUT2D eigenvalue weighted by Crippen LogP contribution is -2.68. The molecule has 9 unspecified atom stereocenters. The number of hydrogen-bond acceptors (Lipinski definition) is 10. The Bertz CT molecular complexity index is 5420. The van der Waals surface area contributed by atoms with E-state index >= 15 is 4.39 Å². The SMILES string of the molecule is CC1Cc2c([nH]c3ccccc23)C(C23CC(/C=C/C(=O)O)(C2)C3)N1C1CCOC1.CC1Cc2c([nH]c3ccccc23)C(C23CC(/C=C/C(=O)O)(C2)C3)N1C1CCOCC1.CC1Cc2c([nH]c3ccccc23)C(C23CC(/C=C/C(=O)O)(C2)C3)N1CC1(C)CC1.CC1Cc2c([nH]c3ccccc23)C(C23CC(/C=C/C(=O)O)(C2)C3)N1CC1(F)CCC1. The number of hydrogen-bond donors (Lipinski definition) is 8. The number of rotatable bonds is 18. The van der Waals surface area contributed by atoms with Crippen LogP contribution in [0.5, 0.6) is 0 Å². The number of aliphatic carboxylic acids is 4. The van der Waals surface area contributed by atoms with Crippen LogP contribution in [0.25, 0.3) is 43.6 Å². The molecular formula is C99H117FN8O10. The fourth-order valence-corrected chi connectivity index (χ4v) is 28.4. The average molecular weight is 1600 g/mol. The minimum Gasteiger partial charge on any atom is -0.478 e. The standard InChI is InChI=1S/C25H29FN2O2.C25H30N2O3.C25H30N2O2.C24H28N2O3/c1-16-11-18-17-5-2-3-6-19(17)27-21(18)22(28(16)15-25(26)8-4-9-25)24-12-23(13-24,14-24)10-7-20(29)30;1-16-12-19-18-4-2-3-5-20(18)26-22(19)23(27(16)17-7-10-30-11-8-17)25-13-24(14-25,15-25)9-6-21(28)29;1-16-11-18-17-5-3-4-6-19(17)26-21(18)22(27(16)15-23(2)9-10-23)25-12-24(13-25,14-25)8-7-20(28)29;1-15-10-18-17-4-2-3-5-19(17)25-21(18)22(26(15)16-7-9-29-11-16)24-12-23(13-24,14-24)8-6-20(27)28/h2-3,5-7,10,16,22,27H,4,8-9,11-15H2,1H3,(H,29,30);2-6,9,16-17,23,26H,7-8,10-15H2,1H3,(H,28,29);3-8,16,22,26H,9-15H2,1-2H3,(H,28,29);2-6,8,15-16,22,25H,7,9-14H2,1H3,(H,27,28)/b10-7+;9-6+;8-7+;8-6+. The van der Waals surface area contributed by atoms with Gasteiger partial charge in [-0.05, 0) is 277 Å². The summed E-state index contributed by atoms with van der Waals surface area (Å²) in [6, 6.07) is 39.0. The maximum Gasteiger partial charge on any atom is 0.327 e. The molecule has 0 radical (unpaired) electrons. The van der Waals surface area contributed by atoms with Crippen LogP contribution in [0.1, 0.15) is 232 Å². The number of aromatic amines is 4. The topological polar surface area (TPSA) is 244 Å². The molecule has 620 valence electrons. The first-order valence-electron chi connectivity index (χ1n) is 44.6. The number of nitrogens with zero attached hydrogens (tertiary/aromatic N) is 4. The second kappa shape index (κ2) is 27.5. The van der Waals surface area contributed by atoms with E-state index in [1.165, 1.54) is 132 Å². The predicted molar refractivity (Wildman–Crippen MR) is 454 cm³/mol. The van der Waals surface area contributed by atoms with Gasteiger partial charge in [-0.25, -0.2) is 23.6 Å². The lowest BCUT2D eigenvalue weighted by Gasteiger charge is -2.74. The van der Waals surface area contributed by atoms with Crippen molar-refractivity contribution in [3.05, 3.63) is 191 Å². The highest BCUT2D eigenvalue weighted by atomic mass is 19.1. The Morgan fingerprint density at radius 3 is 1.02 bits per heavy atom. The van der Waals surface area contributed by atoms with Gasteiger partial charge < -0.3 is 49.8 Å². The third kappa shape index (κ3) is 12.4. The molecule has 8 N–H and O–H groups in total. The van der Waals surface area contributed by atoms with Gasteiger partial charge in [0.05, 0.1) is 30.8 Å². The van der Waals surface area contributed by atoms with Crippen molar-refractivity contribution in [3.63, 3.8) is 0 Å². The van der Waals surface area contributed by atoms with Crippen molar-refractivity contribution in [2.24, 2.45) is 48.7 Å². The van der Waals surface area contributed by atoms with Crippen molar-refractivity contribution in [1.82, 2.24) is 39.5 Å². The molecule has 8 aromatic rings. The normalized spacial score (nSPS) is 37.3. The van der Waals surface area contributed by atoms with Crippen molar-refractivity contribution < 1.29 is 53.5 Å². The summed E-state index contributed by atoms with van der Waals surface area (Å²) in [5.74, 6) is -3.36. The van der Waals surface area contributed by atoms with Gasteiger partial charge in [-0.15, -0.1) is 0 Å². The van der Waals surface area contributed by atoms with E-state index in [1.807, 2.05) is 24.3 Å². The van der Waals surface area contributed by atoms with Crippen LogP contribution in [-0.4, -0.2) is 165 Å². The van der Waals surface area contributed by atoms with E-state index in [1.54, 1.807) is 0 Å². The Morgan fingerprint density at radius 1 is 0.407 bits per heavy atom. The molecule has 8 bridgehead atoms. The summed E-state index contributed by atoms with van der Waals surface area (Å²) >= 11 is 0. The minimum atomic E-state index is -1.04. The molecule has 9 atom stereocenters. The summed E-state index contributed by atoms with van der Waals surface area (Å²) in [7, 11) is 0. The fourth-order valence-electron chi connectivity index (χ4n) is 28.4. The molecule has 14 aliphatic carbocycles. The third-order valence-corrected chi connectivity index (χ3v) is 33.3. The second-order valence-electron chi connectivity index (χ2n) is 41.7. The van der Waals surface area contributed by atoms with E-state index in [0.29, 0.717) is 84.6 Å². The summed E-state index contributed by atoms with van der Waals surface area (Å²) in [4.78, 5) is 70.1. The smallest absolute Gasteiger partial charge is 0.327 e. The van der Waals surface area contributed by atoms with Crippen LogP contribution in [0.15, 0.2) is 146 Å². The number of halogens is 1. The van der Waals surface area contributed by atoms with Crippen molar-refractivity contribution >= 4 is 67.5 Å². The summed E-state index contributed by atoms with van der Waals surface area (Å²) in [5, 5.41) is 41.6. The first-order chi connectivity index (χ1) is 56.7. The lowest BCUT2D eigenvalue weighted by atomic mass is 9.32. The largest absolute Gasteiger partial charge is 0.478 e. The quantitative estimate of drug-likeness (QED) is 0.0373. The maximum atomic E-state index is 15.3. The van der Waals surface area contributed by atoms with Gasteiger partial charge in [-0.3, -0.25) is 19.6 Å². The van der Waals surface area contributed by atoms with Crippen LogP contribution in [0.4, 0.5) is 4.39 Å². The minimum absolute atomic E-state index is 0.0425. The maximum absolute atomic E-state index is 15.3. The first-order valence-corrected chi connectivity index (χ1v) is 44.6. The van der Waals surface area contributed by atoms with Crippen LogP contribution in [-0.2, 0) is 54.3 Å². The second-order valence-corrected chi connectivity index (χ2v) is 41.7. The third-order valence-electron chi connectivity index (χ3n) is 33.3. The van der Waals surface area contributed by atoms with E-state index < -0.39 is 29.5 Å². The summed E-state index contributed by atoms with van der Waals surface area (Å²) in [6.45, 7) is 17.0. The number of benzene rings is 4. The van der Waals surface area contributed by atoms with Crippen LogP contribution < -0.4 is 0 Å². The van der Waals surface area contributed by atoms with Gasteiger partial charge in [-0.1, -0.05) is 104 Å². The Hall–Kier alpha value is -8.43. The van der Waals surface area contributed by atoms with E-state index in [-0.39, 0.29) is 43.9 Å². The van der Waals surface area contributed by atoms with Crippen molar-refractivity contribution in [3.8, 4) is 0 Å². The van der Waals surface area contributed by atoms with Gasteiger partial charge in [-0.2, -0.15) is 0 Å². The molecule has 4 aromatic carbocycles. The molecule has 118 heavy (non-hydrogen) atoms. The molecule has 18 nitrogen and oxygen atoms in total. The molecule has 0 amide bonds. The predicted octanol–water partition coefficient (Wildman–Crippen LogP) is 18.7. The molecule has 20 aliphatic rings. The molecule has 2 saturated heterocycles. The number of nitrogens with one attached hydrogen (secondary N) is 4. The van der Waals surface area contributed by atoms with Crippen LogP contribution in [0.3, 0.4) is 0 Å². The molecule has 6 aliphatic heterocycles. The number of allylic oxidation sites excluding steroid dienone is 4. The first kappa shape index (κ1) is 76.9. The van der Waals surface area contributed by atoms with Crippen LogP contribution in [0, 0.1) is 48.7 Å². The molecule has 16 fully saturated rings. The average Bonchev–Trinajstić information content (AvgIpc) is 0.895. The number of alkyl halides is 1. The highest BCUT2D eigenvalue weighted by Crippen LogP contribution is 2.83. The zero-order chi connectivity index (χ0) is 81.1. The number of ether oxygens (including phenoxy) is 2. The zero-order valence-corrected chi connectivity index (χ0v) is 69.2. The van der Waals surface area contributed by atoms with Gasteiger partial charge >= 0.3 is 23.9 Å². The zero-order valence-electron chi connectivity index (χ0n) is 69.2. The van der Waals surface area contributed by atoms with Crippen LogP contribution in [0.2, 0.25) is 0 Å². The van der Waals surface area contributed by atoms with E-state index in [2.05, 4.69) is 171 Å². The number of H-pyrrole nitrogens is 4. The van der Waals surface area contributed by atoms with E-state index in [0.717, 1.165) is 155 Å². The monoisotopic (exact) mass is 1600 g/mol. The van der Waals surface area contributed by atoms with Gasteiger partial charge in [0, 0.05) is 160 Å². The summed E-state index contributed by atoms with van der Waals surface area (Å²) in [6.07, 6.45) is 38.8. The highest BCUT2D eigenvalue weighted by molar-refractivity contribution is 5.89. The van der Waals surface area contributed by atoms with Crippen molar-refractivity contribution in [2.45, 2.75) is 255 Å². The van der Waals surface area contributed by atoms with E-state index in [9.17, 15) is 19.2 Å². The van der Waals surface area contributed by atoms with Gasteiger partial charge in [0.1, 0.15) is 5.67 Å². The van der Waals surface area contributed by atoms with Crippen LogP contribution >= 0.6 is 0 Å². The number of carbonyl (C=O) groups is 4. The number of aromatic nitrogens is 4. The number of fused-ring (bicyclic) bond motifs is 12. The lowest BCUT2D eigenvalue weighted by molar-refractivity contribution is -0.230. The Morgan fingerprint density at radius 2 is 0.703 bits per heavy atom. The van der Waals surface area contributed by atoms with E-state index in [4.69, 9.17) is 29.9 Å². The Labute approximate surface area is 690 Å². The Kier molecular flexibility index (Phi) is 18.0. The number of carboxylic acid groups (broad SMARTS) is 4. The molecule has 0 spiro atoms. The molecule has 4 aromatic heterocycles. The molecule has 28 rings (SSSR count). The van der Waals surface area contributed by atoms with Gasteiger partial charge in [0.25, 0.3) is 0 Å². The summed E-state index contributed by atoms with van der Waals surface area (Å²) in [5.41, 5.74) is 17.3. The molecule has 19 heteroatoms. The molecule has 14 saturated carbocycles. The number of carboxylic acids is 4. The number of para-hydroxylation sites is 4. The van der Waals surface area contributed by atoms with Crippen molar-refractivity contribution in [1.29, 1.82) is 0 Å². The Balaban J connectivity index is 0.0000000978. The van der Waals surface area contributed by atoms with Crippen molar-refractivity contribution in [2.75, 3.05) is 39.5 Å².